The van der Waals surface area contributed by atoms with Gasteiger partial charge >= 0.3 is 23.2 Å². The Morgan fingerprint density at radius 1 is 1.03 bits per heavy atom. The van der Waals surface area contributed by atoms with Crippen LogP contribution < -0.4 is 14.2 Å². The fraction of sp³-hybridized carbons (Fsp3) is 0.444. The Morgan fingerprint density at radius 3 is 1.79 bits per heavy atom. The number of nitro groups is 1. The molecule has 0 bridgehead atoms. The van der Waals surface area contributed by atoms with Gasteiger partial charge in [0.15, 0.2) is 11.5 Å². The van der Waals surface area contributed by atoms with Crippen LogP contribution in [0.5, 0.6) is 17.2 Å². The first-order chi connectivity index (χ1) is 13.7. The zero-order valence-corrected chi connectivity index (χ0v) is 16.7. The van der Waals surface area contributed by atoms with E-state index in [0.29, 0.717) is 0 Å². The SMILES string of the molecule is CCOC(=O)C(O)(C(=O)OCC)/C(=C\c1cc(OC)c(OC)c(OC)c1)[N+](=O)[O-]. The summed E-state index contributed by atoms with van der Waals surface area (Å²) in [5.41, 5.74) is -4.36. The third-order valence-electron chi connectivity index (χ3n) is 3.70. The Hall–Kier alpha value is -3.34. The summed E-state index contributed by atoms with van der Waals surface area (Å²) in [6, 6.07) is 2.67. The number of methoxy groups -OCH3 is 3. The molecule has 0 atom stereocenters. The highest BCUT2D eigenvalue weighted by atomic mass is 16.6. The molecular weight excluding hydrogens is 390 g/mol. The molecule has 160 valence electrons. The van der Waals surface area contributed by atoms with Crippen molar-refractivity contribution in [1.82, 2.24) is 0 Å². The number of aliphatic hydroxyl groups is 1. The van der Waals surface area contributed by atoms with E-state index in [2.05, 4.69) is 9.47 Å². The van der Waals surface area contributed by atoms with Gasteiger partial charge in [0.1, 0.15) is 0 Å². The molecule has 0 aliphatic heterocycles. The van der Waals surface area contributed by atoms with E-state index in [1.165, 1.54) is 47.3 Å². The maximum Gasteiger partial charge on any atom is 0.361 e. The topological polar surface area (TPSA) is 144 Å². The van der Waals surface area contributed by atoms with Crippen molar-refractivity contribution in [3.63, 3.8) is 0 Å². The number of rotatable bonds is 10. The summed E-state index contributed by atoms with van der Waals surface area (Å²) in [5.74, 6) is -2.52. The molecule has 29 heavy (non-hydrogen) atoms. The first-order valence-corrected chi connectivity index (χ1v) is 8.44. The first kappa shape index (κ1) is 23.7. The molecule has 0 unspecified atom stereocenters. The third-order valence-corrected chi connectivity index (χ3v) is 3.70. The van der Waals surface area contributed by atoms with Crippen molar-refractivity contribution in [2.45, 2.75) is 19.4 Å². The number of carbonyl (C=O) groups is 2. The minimum atomic E-state index is -3.28. The number of esters is 2. The van der Waals surface area contributed by atoms with E-state index in [1.807, 2.05) is 0 Å². The number of hydrogen-bond acceptors (Lipinski definition) is 10. The lowest BCUT2D eigenvalue weighted by molar-refractivity contribution is -0.438. The van der Waals surface area contributed by atoms with Crippen LogP contribution in [0.15, 0.2) is 17.8 Å². The van der Waals surface area contributed by atoms with Crippen molar-refractivity contribution in [2.75, 3.05) is 34.5 Å². The molecule has 1 N–H and O–H groups in total. The smallest absolute Gasteiger partial charge is 0.361 e. The molecule has 11 nitrogen and oxygen atoms in total. The van der Waals surface area contributed by atoms with E-state index >= 15 is 0 Å². The minimum Gasteiger partial charge on any atom is -0.493 e. The van der Waals surface area contributed by atoms with Gasteiger partial charge in [-0.2, -0.15) is 0 Å². The van der Waals surface area contributed by atoms with Crippen molar-refractivity contribution >= 4 is 18.0 Å². The maximum atomic E-state index is 12.3. The van der Waals surface area contributed by atoms with Crippen LogP contribution >= 0.6 is 0 Å². The molecule has 0 saturated carbocycles. The molecule has 0 aliphatic rings. The van der Waals surface area contributed by atoms with Gasteiger partial charge in [0.2, 0.25) is 5.75 Å². The maximum absolute atomic E-state index is 12.3. The van der Waals surface area contributed by atoms with Gasteiger partial charge in [0, 0.05) is 6.08 Å². The Kier molecular flexibility index (Phi) is 8.39. The number of carbonyl (C=O) groups excluding carboxylic acids is 2. The van der Waals surface area contributed by atoms with Crippen molar-refractivity contribution in [1.29, 1.82) is 0 Å². The summed E-state index contributed by atoms with van der Waals surface area (Å²) in [4.78, 5) is 35.2. The molecule has 0 aliphatic carbocycles. The molecule has 0 radical (unpaired) electrons. The van der Waals surface area contributed by atoms with Gasteiger partial charge in [-0.15, -0.1) is 0 Å². The van der Waals surface area contributed by atoms with Gasteiger partial charge < -0.3 is 28.8 Å². The molecule has 1 aromatic carbocycles. The molecule has 0 fully saturated rings. The van der Waals surface area contributed by atoms with Crippen LogP contribution in [0.1, 0.15) is 19.4 Å². The lowest BCUT2D eigenvalue weighted by Gasteiger charge is -2.21. The predicted molar refractivity (Wildman–Crippen MR) is 99.3 cm³/mol. The van der Waals surface area contributed by atoms with Gasteiger partial charge in [0.25, 0.3) is 0 Å². The van der Waals surface area contributed by atoms with Crippen molar-refractivity contribution in [3.8, 4) is 17.2 Å². The Balaban J connectivity index is 3.72. The standard InChI is InChI=1S/C18H23NO10/c1-6-28-16(20)18(22,17(21)29-7-2)14(19(23)24)10-11-8-12(25-3)15(27-5)13(9-11)26-4/h8-10,22H,6-7H2,1-5H3/b14-10+. The number of benzene rings is 1. The van der Waals surface area contributed by atoms with Crippen LogP contribution in [-0.4, -0.2) is 62.1 Å². The van der Waals surface area contributed by atoms with Gasteiger partial charge in [-0.1, -0.05) is 0 Å². The molecule has 11 heteroatoms. The van der Waals surface area contributed by atoms with E-state index in [9.17, 15) is 24.8 Å². The highest BCUT2D eigenvalue weighted by molar-refractivity contribution is 6.07. The molecule has 0 saturated heterocycles. The summed E-state index contributed by atoms with van der Waals surface area (Å²) in [6.45, 7) is 2.38. The van der Waals surface area contributed by atoms with Gasteiger partial charge in [-0.3, -0.25) is 10.1 Å². The Labute approximate surface area is 166 Å². The summed E-state index contributed by atoms with van der Waals surface area (Å²) in [7, 11) is 4.05. The average Bonchev–Trinajstić information content (AvgIpc) is 2.70. The molecule has 0 amide bonds. The average molecular weight is 413 g/mol. The Morgan fingerprint density at radius 2 is 1.48 bits per heavy atom. The second kappa shape index (κ2) is 10.3. The lowest BCUT2D eigenvalue weighted by atomic mass is 9.97. The van der Waals surface area contributed by atoms with Crippen LogP contribution in [-0.2, 0) is 19.1 Å². The van der Waals surface area contributed by atoms with Crippen molar-refractivity contribution < 1.29 is 43.3 Å². The monoisotopic (exact) mass is 413 g/mol. The molecular formula is C18H23NO10. The predicted octanol–water partition coefficient (Wildman–Crippen LogP) is 1.19. The summed E-state index contributed by atoms with van der Waals surface area (Å²) in [5, 5.41) is 22.4. The number of nitrogens with zero attached hydrogens (tertiary/aromatic N) is 1. The highest BCUT2D eigenvalue weighted by Crippen LogP contribution is 2.39. The van der Waals surface area contributed by atoms with E-state index in [4.69, 9.17) is 14.2 Å². The van der Waals surface area contributed by atoms with Crippen LogP contribution in [0.25, 0.3) is 6.08 Å². The molecule has 1 rings (SSSR count). The van der Waals surface area contributed by atoms with Gasteiger partial charge in [-0.25, -0.2) is 9.59 Å². The second-order valence-corrected chi connectivity index (χ2v) is 5.40. The molecule has 0 heterocycles. The lowest BCUT2D eigenvalue weighted by Crippen LogP contribution is -2.52. The number of ether oxygens (including phenoxy) is 5. The fourth-order valence-electron chi connectivity index (χ4n) is 2.40. The van der Waals surface area contributed by atoms with Crippen molar-refractivity contribution in [3.05, 3.63) is 33.5 Å². The van der Waals surface area contributed by atoms with E-state index in [-0.39, 0.29) is 36.0 Å². The molecule has 0 aromatic heterocycles. The molecule has 0 spiro atoms. The van der Waals surface area contributed by atoms with Crippen molar-refractivity contribution in [2.24, 2.45) is 0 Å². The van der Waals surface area contributed by atoms with Crippen LogP contribution in [0.4, 0.5) is 0 Å². The van der Waals surface area contributed by atoms with Gasteiger partial charge in [0.05, 0.1) is 39.5 Å². The normalized spacial score (nSPS) is 11.4. The van der Waals surface area contributed by atoms with E-state index in [1.54, 1.807) is 0 Å². The minimum absolute atomic E-state index is 0.0817. The van der Waals surface area contributed by atoms with Crippen LogP contribution in [0.2, 0.25) is 0 Å². The van der Waals surface area contributed by atoms with E-state index < -0.39 is 28.2 Å². The largest absolute Gasteiger partial charge is 0.493 e. The Bertz CT molecular complexity index is 759. The van der Waals surface area contributed by atoms with Gasteiger partial charge in [-0.05, 0) is 31.5 Å². The summed E-state index contributed by atoms with van der Waals surface area (Å²) >= 11 is 0. The third kappa shape index (κ3) is 4.93. The van der Waals surface area contributed by atoms with Crippen LogP contribution in [0.3, 0.4) is 0 Å². The zero-order valence-electron chi connectivity index (χ0n) is 16.7. The summed E-state index contributed by atoms with van der Waals surface area (Å²) < 4.78 is 24.8. The van der Waals surface area contributed by atoms with Crippen LogP contribution in [0, 0.1) is 10.1 Å². The number of hydrogen-bond donors (Lipinski definition) is 1. The molecule has 1 aromatic rings. The van der Waals surface area contributed by atoms with E-state index in [0.717, 1.165) is 6.08 Å². The summed E-state index contributed by atoms with van der Waals surface area (Å²) in [6.07, 6.45) is 0.818. The first-order valence-electron chi connectivity index (χ1n) is 8.44. The second-order valence-electron chi connectivity index (χ2n) is 5.40. The quantitative estimate of drug-likeness (QED) is 0.257. The zero-order chi connectivity index (χ0) is 22.2. The highest BCUT2D eigenvalue weighted by Gasteiger charge is 2.58. The fourth-order valence-corrected chi connectivity index (χ4v) is 2.40.